The van der Waals surface area contributed by atoms with E-state index >= 15 is 0 Å². The number of aryl methyl sites for hydroxylation is 2. The van der Waals surface area contributed by atoms with Gasteiger partial charge in [0.05, 0.1) is 10.9 Å². The monoisotopic (exact) mass is 329 g/mol. The minimum absolute atomic E-state index is 0.0680. The topological polar surface area (TPSA) is 74.8 Å². The van der Waals surface area contributed by atoms with Gasteiger partial charge in [-0.2, -0.15) is 0 Å². The predicted octanol–water partition coefficient (Wildman–Crippen LogP) is 2.69. The van der Waals surface area contributed by atoms with Gasteiger partial charge in [0.1, 0.15) is 0 Å². The van der Waals surface area contributed by atoms with Gasteiger partial charge >= 0.3 is 0 Å². The van der Waals surface area contributed by atoms with Crippen molar-refractivity contribution in [3.05, 3.63) is 51.4 Å². The molecule has 1 aromatic heterocycles. The summed E-state index contributed by atoms with van der Waals surface area (Å²) in [5.41, 5.74) is 3.43. The van der Waals surface area contributed by atoms with Crippen molar-refractivity contribution in [2.75, 3.05) is 5.32 Å². The van der Waals surface area contributed by atoms with Crippen molar-refractivity contribution < 1.29 is 4.79 Å². The molecule has 2 N–H and O–H groups in total. The first-order valence-corrected chi connectivity index (χ1v) is 8.58. The second kappa shape index (κ2) is 6.58. The highest BCUT2D eigenvalue weighted by atomic mass is 32.2. The number of carbonyl (C=O) groups excluding carboxylic acids is 1. The number of anilines is 1. The lowest BCUT2D eigenvalue weighted by Gasteiger charge is -2.13. The van der Waals surface area contributed by atoms with Gasteiger partial charge in [0.15, 0.2) is 5.16 Å². The van der Waals surface area contributed by atoms with Crippen molar-refractivity contribution in [2.45, 2.75) is 43.5 Å². The number of carbonyl (C=O) groups is 1. The molecular formula is C17H19N3O2S. The van der Waals surface area contributed by atoms with Crippen LogP contribution in [0.25, 0.3) is 0 Å². The Morgan fingerprint density at radius 2 is 2.13 bits per heavy atom. The highest BCUT2D eigenvalue weighted by molar-refractivity contribution is 8.00. The summed E-state index contributed by atoms with van der Waals surface area (Å²) in [5, 5.41) is 3.08. The fourth-order valence-electron chi connectivity index (χ4n) is 2.64. The summed E-state index contributed by atoms with van der Waals surface area (Å²) in [7, 11) is 0. The molecule has 23 heavy (non-hydrogen) atoms. The Morgan fingerprint density at radius 3 is 2.91 bits per heavy atom. The molecule has 1 atom stereocenters. The van der Waals surface area contributed by atoms with Crippen molar-refractivity contribution >= 4 is 23.4 Å². The smallest absolute Gasteiger partial charge is 0.254 e. The van der Waals surface area contributed by atoms with Gasteiger partial charge in [0, 0.05) is 11.3 Å². The van der Waals surface area contributed by atoms with Crippen LogP contribution in [0.5, 0.6) is 0 Å². The van der Waals surface area contributed by atoms with E-state index in [1.165, 1.54) is 11.8 Å². The van der Waals surface area contributed by atoms with Crippen LogP contribution in [0.2, 0.25) is 0 Å². The van der Waals surface area contributed by atoms with Crippen LogP contribution < -0.4 is 10.9 Å². The van der Waals surface area contributed by atoms with Gasteiger partial charge in [-0.3, -0.25) is 9.59 Å². The summed E-state index contributed by atoms with van der Waals surface area (Å²) in [6.45, 7) is 3.76. The minimum Gasteiger partial charge on any atom is -0.325 e. The van der Waals surface area contributed by atoms with E-state index in [9.17, 15) is 9.59 Å². The van der Waals surface area contributed by atoms with Gasteiger partial charge < -0.3 is 10.3 Å². The quantitative estimate of drug-likeness (QED) is 0.668. The van der Waals surface area contributed by atoms with Gasteiger partial charge in [-0.05, 0) is 44.7 Å². The van der Waals surface area contributed by atoms with Gasteiger partial charge in [-0.15, -0.1) is 0 Å². The van der Waals surface area contributed by atoms with Crippen LogP contribution in [0.15, 0.2) is 34.2 Å². The zero-order valence-corrected chi connectivity index (χ0v) is 14.0. The largest absolute Gasteiger partial charge is 0.325 e. The van der Waals surface area contributed by atoms with Crippen LogP contribution in [-0.4, -0.2) is 21.1 Å². The Bertz CT molecular complexity index is 801. The standard InChI is InChI=1S/C17H19N3O2S/c1-10-6-3-4-8-13(10)18-15(21)11(2)23-17-19-14-9-5-7-12(14)16(22)20-17/h3-4,6,8,11H,5,7,9H2,1-2H3,(H,18,21)(H,19,20,22). The Balaban J connectivity index is 1.71. The van der Waals surface area contributed by atoms with Crippen molar-refractivity contribution in [1.29, 1.82) is 0 Å². The number of benzene rings is 1. The summed E-state index contributed by atoms with van der Waals surface area (Å²) in [4.78, 5) is 31.6. The number of nitrogens with one attached hydrogen (secondary N) is 2. The zero-order chi connectivity index (χ0) is 16.4. The van der Waals surface area contributed by atoms with E-state index < -0.39 is 0 Å². The summed E-state index contributed by atoms with van der Waals surface area (Å²) in [6.07, 6.45) is 2.62. The molecule has 1 heterocycles. The summed E-state index contributed by atoms with van der Waals surface area (Å²) < 4.78 is 0. The molecule has 1 unspecified atom stereocenters. The number of amides is 1. The van der Waals surface area contributed by atoms with Crippen LogP contribution in [-0.2, 0) is 17.6 Å². The first kappa shape index (κ1) is 15.8. The number of hydrogen-bond donors (Lipinski definition) is 2. The number of nitrogens with zero attached hydrogens (tertiary/aromatic N) is 1. The molecule has 0 fully saturated rings. The highest BCUT2D eigenvalue weighted by Crippen LogP contribution is 2.24. The normalized spacial score (nSPS) is 14.3. The third-order valence-corrected chi connectivity index (χ3v) is 4.96. The van der Waals surface area contributed by atoms with E-state index in [1.54, 1.807) is 0 Å². The fraction of sp³-hybridized carbons (Fsp3) is 0.353. The lowest BCUT2D eigenvalue weighted by molar-refractivity contribution is -0.115. The number of aromatic nitrogens is 2. The molecule has 6 heteroatoms. The molecular weight excluding hydrogens is 310 g/mol. The minimum atomic E-state index is -0.350. The first-order valence-electron chi connectivity index (χ1n) is 7.70. The molecule has 0 spiro atoms. The number of aromatic amines is 1. The lowest BCUT2D eigenvalue weighted by Crippen LogP contribution is -2.24. The molecule has 1 aromatic carbocycles. The molecule has 0 bridgehead atoms. The molecule has 0 saturated heterocycles. The zero-order valence-electron chi connectivity index (χ0n) is 13.2. The maximum Gasteiger partial charge on any atom is 0.254 e. The highest BCUT2D eigenvalue weighted by Gasteiger charge is 2.20. The third kappa shape index (κ3) is 3.47. The lowest BCUT2D eigenvalue weighted by atomic mass is 10.2. The van der Waals surface area contributed by atoms with Crippen LogP contribution in [0.4, 0.5) is 5.69 Å². The predicted molar refractivity (Wildman–Crippen MR) is 92.0 cm³/mol. The van der Waals surface area contributed by atoms with Gasteiger partial charge in [-0.1, -0.05) is 30.0 Å². The number of rotatable bonds is 4. The Kier molecular flexibility index (Phi) is 4.52. The molecule has 5 nitrogen and oxygen atoms in total. The number of fused-ring (bicyclic) bond motifs is 1. The maximum atomic E-state index is 12.3. The van der Waals surface area contributed by atoms with Gasteiger partial charge in [0.2, 0.25) is 5.91 Å². The van der Waals surface area contributed by atoms with Gasteiger partial charge in [-0.25, -0.2) is 4.98 Å². The Hall–Kier alpha value is -2.08. The maximum absolute atomic E-state index is 12.3. The molecule has 120 valence electrons. The number of thioether (sulfide) groups is 1. The molecule has 1 aliphatic carbocycles. The third-order valence-electron chi connectivity index (χ3n) is 3.98. The molecule has 0 saturated carbocycles. The van der Waals surface area contributed by atoms with Crippen LogP contribution in [0.1, 0.15) is 30.2 Å². The van der Waals surface area contributed by atoms with Crippen molar-refractivity contribution in [3.8, 4) is 0 Å². The van der Waals surface area contributed by atoms with E-state index in [0.717, 1.165) is 41.8 Å². The summed E-state index contributed by atoms with van der Waals surface area (Å²) in [6, 6.07) is 7.65. The van der Waals surface area contributed by atoms with Crippen LogP contribution in [0, 0.1) is 6.92 Å². The molecule has 1 aliphatic rings. The number of hydrogen-bond acceptors (Lipinski definition) is 4. The Morgan fingerprint density at radius 1 is 1.35 bits per heavy atom. The molecule has 1 amide bonds. The van der Waals surface area contributed by atoms with Crippen molar-refractivity contribution in [2.24, 2.45) is 0 Å². The van der Waals surface area contributed by atoms with E-state index in [2.05, 4.69) is 15.3 Å². The van der Waals surface area contributed by atoms with Crippen LogP contribution in [0.3, 0.4) is 0 Å². The number of para-hydroxylation sites is 1. The van der Waals surface area contributed by atoms with Crippen molar-refractivity contribution in [3.63, 3.8) is 0 Å². The van der Waals surface area contributed by atoms with Crippen LogP contribution >= 0.6 is 11.8 Å². The van der Waals surface area contributed by atoms with Gasteiger partial charge in [0.25, 0.3) is 5.56 Å². The second-order valence-corrected chi connectivity index (χ2v) is 7.04. The second-order valence-electron chi connectivity index (χ2n) is 5.71. The molecule has 0 aliphatic heterocycles. The molecule has 0 radical (unpaired) electrons. The Labute approximate surface area is 138 Å². The van der Waals surface area contributed by atoms with E-state index in [-0.39, 0.29) is 16.7 Å². The van der Waals surface area contributed by atoms with Crippen molar-refractivity contribution in [1.82, 2.24) is 9.97 Å². The average Bonchev–Trinajstić information content (AvgIpc) is 2.98. The SMILES string of the molecule is Cc1ccccc1NC(=O)C(C)Sc1nc2c(c(=O)[nH]1)CCC2. The van der Waals surface area contributed by atoms with E-state index in [4.69, 9.17) is 0 Å². The average molecular weight is 329 g/mol. The summed E-state index contributed by atoms with van der Waals surface area (Å²) in [5.74, 6) is -0.104. The molecule has 3 rings (SSSR count). The number of H-pyrrole nitrogens is 1. The molecule has 2 aromatic rings. The summed E-state index contributed by atoms with van der Waals surface area (Å²) >= 11 is 1.28. The first-order chi connectivity index (χ1) is 11.0. The fourth-order valence-corrected chi connectivity index (χ4v) is 3.46. The van der Waals surface area contributed by atoms with E-state index in [1.807, 2.05) is 38.1 Å². The van der Waals surface area contributed by atoms with E-state index in [0.29, 0.717) is 5.16 Å².